The second-order valence-electron chi connectivity index (χ2n) is 13.9. The molecule has 1 aromatic heterocycles. The molecule has 0 bridgehead atoms. The van der Waals surface area contributed by atoms with Crippen LogP contribution in [0, 0.1) is 19.7 Å². The molecule has 0 aliphatic carbocycles. The zero-order valence-corrected chi connectivity index (χ0v) is 30.0. The summed E-state index contributed by atoms with van der Waals surface area (Å²) >= 11 is 0. The van der Waals surface area contributed by atoms with Crippen molar-refractivity contribution in [1.82, 2.24) is 19.7 Å². The molecule has 3 fully saturated rings. The van der Waals surface area contributed by atoms with Gasteiger partial charge in [-0.25, -0.2) is 13.2 Å². The summed E-state index contributed by atoms with van der Waals surface area (Å²) in [6.45, 7) is 9.37. The molecule has 0 unspecified atom stereocenters. The number of hydrogen-bond acceptors (Lipinski definition) is 8. The van der Waals surface area contributed by atoms with Crippen molar-refractivity contribution in [2.24, 2.45) is 7.05 Å². The maximum absolute atomic E-state index is 15.9. The van der Waals surface area contributed by atoms with Gasteiger partial charge in [0, 0.05) is 75.0 Å². The number of piperazine rings is 1. The van der Waals surface area contributed by atoms with Crippen molar-refractivity contribution < 1.29 is 27.4 Å². The Morgan fingerprint density at radius 2 is 1.67 bits per heavy atom. The molecule has 0 spiro atoms. The van der Waals surface area contributed by atoms with Crippen molar-refractivity contribution in [3.63, 3.8) is 0 Å². The van der Waals surface area contributed by atoms with Gasteiger partial charge in [0.15, 0.2) is 0 Å². The molecule has 0 radical (unpaired) electrons. The molecule has 4 heterocycles. The Hall–Kier alpha value is -4.49. The molecule has 2 N–H and O–H groups in total. The quantitative estimate of drug-likeness (QED) is 0.319. The van der Waals surface area contributed by atoms with Crippen molar-refractivity contribution in [2.75, 3.05) is 63.7 Å². The fourth-order valence-electron chi connectivity index (χ4n) is 7.61. The Bertz CT molecular complexity index is 1850. The Balaban J connectivity index is 1.09. The molecule has 1 amide bonds. The largest absolute Gasteiger partial charge is 0.496 e. The van der Waals surface area contributed by atoms with E-state index in [9.17, 15) is 9.59 Å². The van der Waals surface area contributed by atoms with E-state index in [0.29, 0.717) is 85.3 Å². The molecule has 10 nitrogen and oxygen atoms in total. The lowest BCUT2D eigenvalue weighted by Crippen LogP contribution is -2.61. The zero-order valence-electron chi connectivity index (χ0n) is 30.0. The number of nitrogens with zero attached hydrogens (tertiary/aromatic N) is 4. The van der Waals surface area contributed by atoms with Crippen LogP contribution in [0.4, 0.5) is 24.5 Å². The monoisotopic (exact) mass is 708 g/mol. The van der Waals surface area contributed by atoms with Gasteiger partial charge in [0.2, 0.25) is 5.91 Å². The van der Waals surface area contributed by atoms with E-state index in [1.807, 2.05) is 28.9 Å². The summed E-state index contributed by atoms with van der Waals surface area (Å²) in [5, 5.41) is 5.82. The number of benzene rings is 2. The Labute approximate surface area is 296 Å². The minimum absolute atomic E-state index is 0.0642. The Kier molecular flexibility index (Phi) is 10.4. The van der Waals surface area contributed by atoms with Crippen LogP contribution in [0.2, 0.25) is 0 Å². The number of alkyl halides is 2. The smallest absolute Gasteiger partial charge is 0.275 e. The lowest BCUT2D eigenvalue weighted by Gasteiger charge is -2.46. The van der Waals surface area contributed by atoms with Gasteiger partial charge in [-0.1, -0.05) is 6.58 Å². The van der Waals surface area contributed by atoms with E-state index < -0.39 is 30.4 Å². The minimum atomic E-state index is -2.97. The van der Waals surface area contributed by atoms with Crippen molar-refractivity contribution in [3.8, 4) is 22.6 Å². The molecule has 0 saturated carbocycles. The predicted molar refractivity (Wildman–Crippen MR) is 192 cm³/mol. The van der Waals surface area contributed by atoms with Gasteiger partial charge in [-0.05, 0) is 74.6 Å². The number of aromatic nitrogens is 1. The summed E-state index contributed by atoms with van der Waals surface area (Å²) < 4.78 is 60.1. The number of pyridine rings is 1. The van der Waals surface area contributed by atoms with E-state index in [-0.39, 0.29) is 24.4 Å². The van der Waals surface area contributed by atoms with Crippen molar-refractivity contribution in [1.29, 1.82) is 0 Å². The van der Waals surface area contributed by atoms with Crippen LogP contribution in [0.3, 0.4) is 0 Å². The normalized spacial score (nSPS) is 21.4. The van der Waals surface area contributed by atoms with Gasteiger partial charge in [-0.3, -0.25) is 19.4 Å². The van der Waals surface area contributed by atoms with Crippen LogP contribution in [0.5, 0.6) is 11.5 Å². The summed E-state index contributed by atoms with van der Waals surface area (Å²) in [6, 6.07) is 7.16. The zero-order chi connectivity index (χ0) is 36.6. The fourth-order valence-corrected chi connectivity index (χ4v) is 7.61. The first-order valence-electron chi connectivity index (χ1n) is 17.4. The maximum atomic E-state index is 15.9. The van der Waals surface area contributed by atoms with Gasteiger partial charge < -0.3 is 29.6 Å². The van der Waals surface area contributed by atoms with Crippen molar-refractivity contribution >= 4 is 17.3 Å². The van der Waals surface area contributed by atoms with Crippen molar-refractivity contribution in [3.05, 3.63) is 81.7 Å². The maximum Gasteiger partial charge on any atom is 0.275 e. The third kappa shape index (κ3) is 7.45. The second kappa shape index (κ2) is 14.6. The Morgan fingerprint density at radius 3 is 2.27 bits per heavy atom. The van der Waals surface area contributed by atoms with E-state index in [2.05, 4.69) is 17.2 Å². The Morgan fingerprint density at radius 1 is 0.980 bits per heavy atom. The minimum Gasteiger partial charge on any atom is -0.496 e. The summed E-state index contributed by atoms with van der Waals surface area (Å²) in [5.74, 6) is -2.53. The molecule has 13 heteroatoms. The van der Waals surface area contributed by atoms with E-state index in [1.165, 1.54) is 6.07 Å². The average Bonchev–Trinajstić information content (AvgIpc) is 3.10. The topological polar surface area (TPSA) is 91.3 Å². The number of nitrogens with one attached hydrogen (secondary N) is 2. The van der Waals surface area contributed by atoms with Gasteiger partial charge in [-0.15, -0.1) is 0 Å². The first-order chi connectivity index (χ1) is 24.3. The van der Waals surface area contributed by atoms with Crippen LogP contribution in [-0.2, 0) is 18.4 Å². The number of hydrogen-bond donors (Lipinski definition) is 2. The number of anilines is 2. The van der Waals surface area contributed by atoms with Gasteiger partial charge in [0.25, 0.3) is 11.5 Å². The molecule has 3 saturated heterocycles. The molecule has 3 aliphatic heterocycles. The fraction of sp³-hybridized carbons (Fsp3) is 0.474. The van der Waals surface area contributed by atoms with Crippen LogP contribution in [-0.4, -0.2) is 91.8 Å². The summed E-state index contributed by atoms with van der Waals surface area (Å²) in [7, 11) is 4.81. The van der Waals surface area contributed by atoms with E-state index in [4.69, 9.17) is 9.47 Å². The lowest BCUT2D eigenvalue weighted by molar-refractivity contribution is -0.129. The number of carbonyl (C=O) groups excluding carboxylic acids is 1. The summed E-state index contributed by atoms with van der Waals surface area (Å²) in [6.07, 6.45) is 3.30. The van der Waals surface area contributed by atoms with Crippen molar-refractivity contribution in [2.45, 2.75) is 57.7 Å². The highest BCUT2D eigenvalue weighted by molar-refractivity contribution is 5.87. The number of likely N-dealkylation sites (tertiary alicyclic amines) is 1. The average molecular weight is 709 g/mol. The molecular formula is C38H47F3N6O4. The molecule has 2 aromatic carbocycles. The van der Waals surface area contributed by atoms with E-state index >= 15 is 13.2 Å². The number of halogens is 3. The molecule has 2 atom stereocenters. The number of methoxy groups -OCH3 is 2. The first kappa shape index (κ1) is 36.3. The van der Waals surface area contributed by atoms with Crippen LogP contribution >= 0.6 is 0 Å². The number of rotatable bonds is 9. The third-order valence-corrected chi connectivity index (χ3v) is 10.6. The van der Waals surface area contributed by atoms with Crippen LogP contribution in [0.15, 0.2) is 53.6 Å². The number of carbonyl (C=O) groups is 1. The first-order valence-corrected chi connectivity index (χ1v) is 17.4. The molecule has 3 aliphatic rings. The van der Waals surface area contributed by atoms with Gasteiger partial charge >= 0.3 is 0 Å². The highest BCUT2D eigenvalue weighted by Crippen LogP contribution is 2.39. The molecule has 3 aromatic rings. The van der Waals surface area contributed by atoms with Crippen LogP contribution in [0.25, 0.3) is 11.1 Å². The SMILES string of the molecule is C=C1CC[C@@H](Nc2ccc(N3CCN([C@@H]4CCN(Cc5c(OC)cc(-c6cn(C)c(=O)c(C)c6C)cc5OC)CC4(F)F)CC3)c(F)c2)C(=O)N1. The second-order valence-corrected chi connectivity index (χ2v) is 13.9. The van der Waals surface area contributed by atoms with E-state index in [1.54, 1.807) is 56.0 Å². The molecule has 6 rings (SSSR count). The predicted octanol–water partition coefficient (Wildman–Crippen LogP) is 5.06. The van der Waals surface area contributed by atoms with Gasteiger partial charge in [0.1, 0.15) is 23.4 Å². The number of piperidine rings is 2. The van der Waals surface area contributed by atoms with E-state index in [0.717, 1.165) is 16.7 Å². The molecule has 274 valence electrons. The number of amides is 1. The standard InChI is InChI=1S/C38H47F3N6O4/c1-23-7-9-31(36(48)42-23)43-27-8-10-32(30(39)19-27)46-13-15-47(16-14-46)35-11-12-45(22-38(35,40)41)21-29-33(50-5)17-26(18-34(29)51-6)28-20-44(4)37(49)25(3)24(28)2/h8,10,17-20,31,35,43H,1,7,9,11-16,21-22H2,2-6H3,(H,42,48)/t31-,35-/m1/s1. The highest BCUT2D eigenvalue weighted by Gasteiger charge is 2.48. The number of allylic oxidation sites excluding steroid dienone is 1. The van der Waals surface area contributed by atoms with Crippen LogP contribution < -0.4 is 30.6 Å². The molecular weight excluding hydrogens is 661 g/mol. The number of ether oxygens (including phenoxy) is 2. The third-order valence-electron chi connectivity index (χ3n) is 10.6. The van der Waals surface area contributed by atoms with Gasteiger partial charge in [-0.2, -0.15) is 0 Å². The lowest BCUT2D eigenvalue weighted by atomic mass is 9.95. The van der Waals surface area contributed by atoms with Gasteiger partial charge in [0.05, 0.1) is 38.1 Å². The summed E-state index contributed by atoms with van der Waals surface area (Å²) in [5.41, 5.74) is 5.39. The number of aryl methyl sites for hydroxylation is 1. The highest BCUT2D eigenvalue weighted by atomic mass is 19.3. The molecule has 51 heavy (non-hydrogen) atoms. The summed E-state index contributed by atoms with van der Waals surface area (Å²) in [4.78, 5) is 30.2. The van der Waals surface area contributed by atoms with Crippen LogP contribution in [0.1, 0.15) is 36.0 Å².